The number of unbranched alkanes of at least 4 members (excludes halogenated alkanes) is 1. The summed E-state index contributed by atoms with van der Waals surface area (Å²) in [5, 5.41) is 18.7. The molecular weight excluding hydrogens is 406 g/mol. The lowest BCUT2D eigenvalue weighted by Gasteiger charge is -2.28. The van der Waals surface area contributed by atoms with Crippen LogP contribution in [0.2, 0.25) is 0 Å². The zero-order valence-corrected chi connectivity index (χ0v) is 18.4. The number of carboxylic acid groups (broad SMARTS) is 1. The van der Waals surface area contributed by atoms with Crippen LogP contribution < -0.4 is 9.64 Å². The summed E-state index contributed by atoms with van der Waals surface area (Å²) in [5.41, 5.74) is 2.14. The Morgan fingerprint density at radius 2 is 2.07 bits per heavy atom. The molecule has 1 unspecified atom stereocenters. The Kier molecular flexibility index (Phi) is 7.61. The molecule has 0 radical (unpaired) electrons. The maximum atomic E-state index is 11.0. The van der Waals surface area contributed by atoms with E-state index in [1.807, 2.05) is 36.2 Å². The van der Waals surface area contributed by atoms with Gasteiger partial charge in [0.2, 0.25) is 0 Å². The van der Waals surface area contributed by atoms with Gasteiger partial charge in [0.25, 0.3) is 0 Å². The number of benzene rings is 2. The van der Waals surface area contributed by atoms with E-state index >= 15 is 0 Å². The van der Waals surface area contributed by atoms with Gasteiger partial charge in [0.05, 0.1) is 10.6 Å². The Labute approximate surface area is 180 Å². The van der Waals surface area contributed by atoms with E-state index in [1.54, 1.807) is 23.9 Å². The van der Waals surface area contributed by atoms with Crippen molar-refractivity contribution in [1.82, 2.24) is 0 Å². The van der Waals surface area contributed by atoms with Crippen molar-refractivity contribution in [3.05, 3.63) is 36.4 Å². The summed E-state index contributed by atoms with van der Waals surface area (Å²) in [4.78, 5) is 15.3. The smallest absolute Gasteiger partial charge is 0.341 e. The lowest BCUT2D eigenvalue weighted by molar-refractivity contribution is -0.139. The Morgan fingerprint density at radius 3 is 2.72 bits per heavy atom. The van der Waals surface area contributed by atoms with E-state index < -0.39 is 5.97 Å². The highest BCUT2D eigenvalue weighted by molar-refractivity contribution is 7.99. The molecule has 5 nitrogen and oxygen atoms in total. The first kappa shape index (κ1) is 21.7. The highest BCUT2D eigenvalue weighted by Crippen LogP contribution is 2.45. The predicted octanol–water partition coefficient (Wildman–Crippen LogP) is 5.63. The molecule has 2 aromatic rings. The third-order valence-electron chi connectivity index (χ3n) is 4.93. The minimum absolute atomic E-state index is 0.253. The number of nitrogens with zero attached hydrogens (tertiary/aromatic N) is 1. The summed E-state index contributed by atoms with van der Waals surface area (Å²) >= 11 is 3.36. The molecule has 1 atom stereocenters. The molecule has 1 heterocycles. The van der Waals surface area contributed by atoms with Gasteiger partial charge in [0.15, 0.2) is 6.61 Å². The number of hydrogen-bond acceptors (Lipinski definition) is 6. The number of rotatable bonds is 8. The number of aromatic hydroxyl groups is 1. The van der Waals surface area contributed by atoms with Gasteiger partial charge in [-0.15, -0.1) is 23.5 Å². The van der Waals surface area contributed by atoms with Gasteiger partial charge in [-0.1, -0.05) is 19.8 Å². The van der Waals surface area contributed by atoms with E-state index in [4.69, 9.17) is 9.84 Å². The molecule has 3 rings (SSSR count). The Hall–Kier alpha value is -1.99. The lowest BCUT2D eigenvalue weighted by atomic mass is 10.0. The van der Waals surface area contributed by atoms with E-state index in [-0.39, 0.29) is 12.4 Å². The molecule has 0 aromatic heterocycles. The molecular formula is C22H27NO4S2. The summed E-state index contributed by atoms with van der Waals surface area (Å²) in [7, 11) is 0. The summed E-state index contributed by atoms with van der Waals surface area (Å²) in [5.74, 6) is 1.44. The first-order chi connectivity index (χ1) is 14.0. The number of aliphatic carboxylic acids is 1. The minimum atomic E-state index is -0.981. The van der Waals surface area contributed by atoms with Crippen molar-refractivity contribution in [2.45, 2.75) is 36.0 Å². The number of fused-ring (bicyclic) bond motifs is 1. The summed E-state index contributed by atoms with van der Waals surface area (Å²) in [6, 6.07) is 11.4. The van der Waals surface area contributed by atoms with E-state index in [2.05, 4.69) is 17.9 Å². The standard InChI is InChI=1S/C22H27NO4S2/c1-3-4-5-15-12-23(16-6-8-17(24)9-7-16)18-10-21(28-2)19(27-13-22(25)26)11-20(18)29-14-15/h6-11,15,24H,3-5,12-14H2,1-2H3,(H,25,26). The van der Waals surface area contributed by atoms with Crippen molar-refractivity contribution in [3.63, 3.8) is 0 Å². The number of hydrogen-bond donors (Lipinski definition) is 2. The molecule has 2 N–H and O–H groups in total. The first-order valence-electron chi connectivity index (χ1n) is 9.77. The van der Waals surface area contributed by atoms with E-state index in [1.165, 1.54) is 19.3 Å². The predicted molar refractivity (Wildman–Crippen MR) is 120 cm³/mol. The number of ether oxygens (including phenoxy) is 1. The van der Waals surface area contributed by atoms with Crippen LogP contribution >= 0.6 is 23.5 Å². The third kappa shape index (κ3) is 5.54. The monoisotopic (exact) mass is 433 g/mol. The molecule has 1 aliphatic heterocycles. The van der Waals surface area contributed by atoms with Crippen molar-refractivity contribution in [2.24, 2.45) is 5.92 Å². The molecule has 0 amide bonds. The number of anilines is 2. The van der Waals surface area contributed by atoms with E-state index in [0.29, 0.717) is 11.7 Å². The molecule has 0 saturated heterocycles. The van der Waals surface area contributed by atoms with Crippen LogP contribution in [-0.2, 0) is 4.79 Å². The largest absolute Gasteiger partial charge is 0.508 e. The molecule has 0 bridgehead atoms. The van der Waals surface area contributed by atoms with Crippen LogP contribution in [0.4, 0.5) is 11.4 Å². The van der Waals surface area contributed by atoms with Crippen molar-refractivity contribution < 1.29 is 19.7 Å². The van der Waals surface area contributed by atoms with Gasteiger partial charge in [-0.25, -0.2) is 4.79 Å². The van der Waals surface area contributed by atoms with E-state index in [9.17, 15) is 9.90 Å². The second-order valence-corrected chi connectivity index (χ2v) is 9.01. The summed E-state index contributed by atoms with van der Waals surface area (Å²) < 4.78 is 5.56. The summed E-state index contributed by atoms with van der Waals surface area (Å²) in [6.07, 6.45) is 5.52. The van der Waals surface area contributed by atoms with Crippen LogP contribution in [0, 0.1) is 5.92 Å². The highest BCUT2D eigenvalue weighted by Gasteiger charge is 2.25. The molecule has 0 saturated carbocycles. The lowest BCUT2D eigenvalue weighted by Crippen LogP contribution is -2.25. The quantitative estimate of drug-likeness (QED) is 0.523. The van der Waals surface area contributed by atoms with Crippen molar-refractivity contribution in [1.29, 1.82) is 0 Å². The van der Waals surface area contributed by atoms with Crippen LogP contribution in [0.1, 0.15) is 26.2 Å². The molecule has 156 valence electrons. The van der Waals surface area contributed by atoms with Crippen LogP contribution in [0.15, 0.2) is 46.2 Å². The number of carbonyl (C=O) groups is 1. The fourth-order valence-corrected chi connectivity index (χ4v) is 5.17. The second kappa shape index (κ2) is 10.2. The fraction of sp³-hybridized carbons (Fsp3) is 0.409. The first-order valence-corrected chi connectivity index (χ1v) is 12.0. The maximum Gasteiger partial charge on any atom is 0.341 e. The van der Waals surface area contributed by atoms with Crippen LogP contribution in [0.5, 0.6) is 11.5 Å². The normalized spacial score (nSPS) is 16.2. The van der Waals surface area contributed by atoms with Crippen molar-refractivity contribution in [3.8, 4) is 11.5 Å². The molecule has 0 spiro atoms. The Morgan fingerprint density at radius 1 is 1.31 bits per heavy atom. The third-order valence-corrected chi connectivity index (χ3v) is 6.96. The topological polar surface area (TPSA) is 70.0 Å². The number of carboxylic acids is 1. The SMILES string of the molecule is CCCCC1CSc2cc(OCC(=O)O)c(SC)cc2N(c2ccc(O)cc2)C1. The number of phenolic OH excluding ortho intramolecular Hbond substituents is 1. The van der Waals surface area contributed by atoms with Gasteiger partial charge in [-0.2, -0.15) is 0 Å². The van der Waals surface area contributed by atoms with Gasteiger partial charge in [0, 0.05) is 22.9 Å². The van der Waals surface area contributed by atoms with Gasteiger partial charge in [-0.05, 0) is 55.0 Å². The van der Waals surface area contributed by atoms with Gasteiger partial charge in [0.1, 0.15) is 11.5 Å². The molecule has 2 aromatic carbocycles. The average molecular weight is 434 g/mol. The zero-order chi connectivity index (χ0) is 20.8. The molecule has 1 aliphatic rings. The zero-order valence-electron chi connectivity index (χ0n) is 16.8. The van der Waals surface area contributed by atoms with Gasteiger partial charge < -0.3 is 19.8 Å². The second-order valence-electron chi connectivity index (χ2n) is 7.10. The maximum absolute atomic E-state index is 11.0. The van der Waals surface area contributed by atoms with E-state index in [0.717, 1.165) is 33.5 Å². The fourth-order valence-electron chi connectivity index (χ4n) is 3.43. The van der Waals surface area contributed by atoms with Crippen LogP contribution in [0.3, 0.4) is 0 Å². The Balaban J connectivity index is 2.01. The number of phenols is 1. The van der Waals surface area contributed by atoms with Crippen molar-refractivity contribution in [2.75, 3.05) is 30.1 Å². The highest BCUT2D eigenvalue weighted by atomic mass is 32.2. The van der Waals surface area contributed by atoms with Crippen LogP contribution in [-0.4, -0.2) is 41.3 Å². The minimum Gasteiger partial charge on any atom is -0.508 e. The van der Waals surface area contributed by atoms with Crippen LogP contribution in [0.25, 0.3) is 0 Å². The molecule has 0 aliphatic carbocycles. The average Bonchev–Trinajstić information content (AvgIpc) is 2.89. The Bertz CT molecular complexity index is 841. The molecule has 7 heteroatoms. The number of thioether (sulfide) groups is 2. The van der Waals surface area contributed by atoms with Gasteiger partial charge >= 0.3 is 5.97 Å². The molecule has 0 fully saturated rings. The van der Waals surface area contributed by atoms with Crippen molar-refractivity contribution >= 4 is 40.9 Å². The summed E-state index contributed by atoms with van der Waals surface area (Å²) in [6.45, 7) is 2.78. The molecule has 29 heavy (non-hydrogen) atoms. The van der Waals surface area contributed by atoms with Gasteiger partial charge in [-0.3, -0.25) is 0 Å².